The van der Waals surface area contributed by atoms with Crippen LogP contribution in [0.5, 0.6) is 0 Å². The fourth-order valence-corrected chi connectivity index (χ4v) is 2.27. The predicted molar refractivity (Wildman–Crippen MR) is 55.5 cm³/mol. The Hall–Kier alpha value is -0.570. The zero-order valence-corrected chi connectivity index (χ0v) is 8.59. The fraction of sp³-hybridized carbons (Fsp3) is 0.455. The highest BCUT2D eigenvalue weighted by atomic mass is 35.5. The molecule has 1 aromatic rings. The SMILES string of the molecule is OCC1(O)CCc2c(Cl)cccc2C1. The standard InChI is InChI=1S/C11H13ClO2/c12-10-3-1-2-8-6-11(14,7-13)5-4-9(8)10/h1-3,13-14H,4-7H2. The molecule has 0 saturated carbocycles. The lowest BCUT2D eigenvalue weighted by atomic mass is 9.81. The second kappa shape index (κ2) is 3.54. The molecular weight excluding hydrogens is 200 g/mol. The molecule has 0 aliphatic heterocycles. The van der Waals surface area contributed by atoms with E-state index in [9.17, 15) is 5.11 Å². The van der Waals surface area contributed by atoms with E-state index >= 15 is 0 Å². The molecule has 2 N–H and O–H groups in total. The third kappa shape index (κ3) is 1.65. The zero-order valence-electron chi connectivity index (χ0n) is 7.83. The zero-order chi connectivity index (χ0) is 10.2. The van der Waals surface area contributed by atoms with E-state index < -0.39 is 5.60 Å². The molecule has 0 aromatic heterocycles. The Morgan fingerprint density at radius 1 is 1.43 bits per heavy atom. The third-order valence-corrected chi connectivity index (χ3v) is 3.22. The number of rotatable bonds is 1. The molecule has 0 bridgehead atoms. The highest BCUT2D eigenvalue weighted by Gasteiger charge is 2.31. The molecule has 14 heavy (non-hydrogen) atoms. The minimum atomic E-state index is -0.947. The molecule has 76 valence electrons. The van der Waals surface area contributed by atoms with E-state index in [1.54, 1.807) is 0 Å². The average molecular weight is 213 g/mol. The van der Waals surface area contributed by atoms with Crippen LogP contribution in [0.2, 0.25) is 5.02 Å². The maximum Gasteiger partial charge on any atom is 0.0920 e. The van der Waals surface area contributed by atoms with Crippen molar-refractivity contribution in [3.8, 4) is 0 Å². The smallest absolute Gasteiger partial charge is 0.0920 e. The van der Waals surface area contributed by atoms with Gasteiger partial charge in [-0.05, 0) is 30.0 Å². The molecule has 1 unspecified atom stereocenters. The first-order valence-electron chi connectivity index (χ1n) is 4.74. The highest BCUT2D eigenvalue weighted by Crippen LogP contribution is 2.32. The van der Waals surface area contributed by atoms with Gasteiger partial charge in [-0.3, -0.25) is 0 Å². The van der Waals surface area contributed by atoms with Crippen molar-refractivity contribution in [2.45, 2.75) is 24.9 Å². The van der Waals surface area contributed by atoms with Crippen molar-refractivity contribution < 1.29 is 10.2 Å². The summed E-state index contributed by atoms with van der Waals surface area (Å²) < 4.78 is 0. The topological polar surface area (TPSA) is 40.5 Å². The average Bonchev–Trinajstić information content (AvgIpc) is 2.18. The van der Waals surface area contributed by atoms with E-state index in [1.165, 1.54) is 0 Å². The van der Waals surface area contributed by atoms with E-state index in [2.05, 4.69) is 0 Å². The lowest BCUT2D eigenvalue weighted by Crippen LogP contribution is -2.39. The quantitative estimate of drug-likeness (QED) is 0.742. The van der Waals surface area contributed by atoms with Crippen LogP contribution in [-0.2, 0) is 12.8 Å². The van der Waals surface area contributed by atoms with Crippen LogP contribution < -0.4 is 0 Å². The molecule has 0 radical (unpaired) electrons. The molecule has 1 aliphatic rings. The largest absolute Gasteiger partial charge is 0.393 e. The monoisotopic (exact) mass is 212 g/mol. The summed E-state index contributed by atoms with van der Waals surface area (Å²) in [5, 5.41) is 19.8. The van der Waals surface area contributed by atoms with Crippen LogP contribution in [0, 0.1) is 0 Å². The lowest BCUT2D eigenvalue weighted by Gasteiger charge is -2.32. The summed E-state index contributed by atoms with van der Waals surface area (Å²) in [6.45, 7) is -0.182. The first-order valence-corrected chi connectivity index (χ1v) is 5.12. The molecule has 0 amide bonds. The number of aliphatic hydroxyl groups excluding tert-OH is 1. The number of hydrogen-bond acceptors (Lipinski definition) is 2. The maximum absolute atomic E-state index is 9.92. The van der Waals surface area contributed by atoms with Gasteiger partial charge in [0, 0.05) is 11.4 Å². The molecule has 1 atom stereocenters. The minimum absolute atomic E-state index is 0.182. The first kappa shape index (κ1) is 9.97. The van der Waals surface area contributed by atoms with Crippen molar-refractivity contribution in [2.75, 3.05) is 6.61 Å². The Labute approximate surface area is 88.1 Å². The van der Waals surface area contributed by atoms with E-state index in [0.29, 0.717) is 12.8 Å². The van der Waals surface area contributed by atoms with Gasteiger partial charge in [0.05, 0.1) is 12.2 Å². The molecule has 0 saturated heterocycles. The van der Waals surface area contributed by atoms with Crippen LogP contribution in [0.25, 0.3) is 0 Å². The van der Waals surface area contributed by atoms with Crippen molar-refractivity contribution in [1.29, 1.82) is 0 Å². The predicted octanol–water partition coefficient (Wildman–Crippen LogP) is 1.55. The van der Waals surface area contributed by atoms with Gasteiger partial charge in [0.1, 0.15) is 0 Å². The van der Waals surface area contributed by atoms with Crippen molar-refractivity contribution >= 4 is 11.6 Å². The maximum atomic E-state index is 9.92. The van der Waals surface area contributed by atoms with E-state index in [1.807, 2.05) is 18.2 Å². The van der Waals surface area contributed by atoms with Gasteiger partial charge in [0.2, 0.25) is 0 Å². The van der Waals surface area contributed by atoms with Crippen LogP contribution in [0.4, 0.5) is 0 Å². The molecular formula is C11H13ClO2. The van der Waals surface area contributed by atoms with Gasteiger partial charge in [0.25, 0.3) is 0 Å². The molecule has 0 heterocycles. The normalized spacial score (nSPS) is 25.9. The van der Waals surface area contributed by atoms with Gasteiger partial charge < -0.3 is 10.2 Å². The summed E-state index contributed by atoms with van der Waals surface area (Å²) in [6, 6.07) is 5.70. The Morgan fingerprint density at radius 2 is 2.21 bits per heavy atom. The van der Waals surface area contributed by atoms with Gasteiger partial charge in [-0.15, -0.1) is 0 Å². The number of halogens is 1. The summed E-state index contributed by atoms with van der Waals surface area (Å²) in [5.41, 5.74) is 1.23. The molecule has 1 aromatic carbocycles. The molecule has 0 fully saturated rings. The van der Waals surface area contributed by atoms with Gasteiger partial charge in [-0.1, -0.05) is 23.7 Å². The fourth-order valence-electron chi connectivity index (χ4n) is 1.98. The van der Waals surface area contributed by atoms with Crippen LogP contribution in [0.15, 0.2) is 18.2 Å². The van der Waals surface area contributed by atoms with Crippen LogP contribution in [0.3, 0.4) is 0 Å². The van der Waals surface area contributed by atoms with Crippen LogP contribution >= 0.6 is 11.6 Å². The highest BCUT2D eigenvalue weighted by molar-refractivity contribution is 6.31. The second-order valence-electron chi connectivity index (χ2n) is 3.94. The number of benzene rings is 1. The Bertz CT molecular complexity index is 351. The lowest BCUT2D eigenvalue weighted by molar-refractivity contribution is -0.0247. The minimum Gasteiger partial charge on any atom is -0.393 e. The van der Waals surface area contributed by atoms with E-state index in [0.717, 1.165) is 22.6 Å². The van der Waals surface area contributed by atoms with Gasteiger partial charge >= 0.3 is 0 Å². The van der Waals surface area contributed by atoms with Crippen molar-refractivity contribution in [3.63, 3.8) is 0 Å². The first-order chi connectivity index (χ1) is 6.64. The summed E-state index contributed by atoms with van der Waals surface area (Å²) in [5.74, 6) is 0. The Morgan fingerprint density at radius 3 is 2.93 bits per heavy atom. The van der Waals surface area contributed by atoms with Crippen molar-refractivity contribution in [2.24, 2.45) is 0 Å². The van der Waals surface area contributed by atoms with Gasteiger partial charge in [0.15, 0.2) is 0 Å². The molecule has 0 spiro atoms. The van der Waals surface area contributed by atoms with Crippen molar-refractivity contribution in [3.05, 3.63) is 34.3 Å². The number of aliphatic hydroxyl groups is 2. The summed E-state index contributed by atoms with van der Waals surface area (Å²) in [4.78, 5) is 0. The molecule has 2 nitrogen and oxygen atoms in total. The molecule has 1 aliphatic carbocycles. The Balaban J connectivity index is 2.36. The third-order valence-electron chi connectivity index (χ3n) is 2.87. The van der Waals surface area contributed by atoms with E-state index in [-0.39, 0.29) is 6.61 Å². The van der Waals surface area contributed by atoms with Crippen LogP contribution in [-0.4, -0.2) is 22.4 Å². The summed E-state index contributed by atoms with van der Waals surface area (Å²) in [6.07, 6.45) is 1.83. The second-order valence-corrected chi connectivity index (χ2v) is 4.34. The van der Waals surface area contributed by atoms with Gasteiger partial charge in [-0.2, -0.15) is 0 Å². The summed E-state index contributed by atoms with van der Waals surface area (Å²) >= 11 is 6.03. The van der Waals surface area contributed by atoms with Crippen LogP contribution in [0.1, 0.15) is 17.5 Å². The molecule has 3 heteroatoms. The van der Waals surface area contributed by atoms with Gasteiger partial charge in [-0.25, -0.2) is 0 Å². The van der Waals surface area contributed by atoms with Crippen molar-refractivity contribution in [1.82, 2.24) is 0 Å². The summed E-state index contributed by atoms with van der Waals surface area (Å²) in [7, 11) is 0. The molecule has 2 rings (SSSR count). The van der Waals surface area contributed by atoms with E-state index in [4.69, 9.17) is 16.7 Å². The number of fused-ring (bicyclic) bond motifs is 1. The number of hydrogen-bond donors (Lipinski definition) is 2. The Kier molecular flexibility index (Phi) is 2.52.